The fraction of sp³-hybridized carbons (Fsp3) is 0.800. The summed E-state index contributed by atoms with van der Waals surface area (Å²) >= 11 is 0. The highest BCUT2D eigenvalue weighted by molar-refractivity contribution is 5.83. The van der Waals surface area contributed by atoms with Crippen LogP contribution in [0.15, 0.2) is 12.7 Å². The molecule has 0 heterocycles. The van der Waals surface area contributed by atoms with Gasteiger partial charge in [-0.05, 0) is 51.9 Å². The van der Waals surface area contributed by atoms with Gasteiger partial charge in [0.2, 0.25) is 5.91 Å². The average Bonchev–Trinajstić information content (AvgIpc) is 2.41. The lowest BCUT2D eigenvalue weighted by atomic mass is 9.76. The second-order valence-corrected chi connectivity index (χ2v) is 6.89. The largest absolute Gasteiger partial charge is 0.351 e. The highest BCUT2D eigenvalue weighted by Crippen LogP contribution is 2.48. The molecule has 98 valence electrons. The monoisotopic (exact) mass is 237 g/mol. The quantitative estimate of drug-likeness (QED) is 0.747. The summed E-state index contributed by atoms with van der Waals surface area (Å²) in [5, 5.41) is 3.14. The van der Waals surface area contributed by atoms with E-state index >= 15 is 0 Å². The Bertz CT molecular complexity index is 303. The van der Waals surface area contributed by atoms with Crippen LogP contribution in [0, 0.1) is 17.3 Å². The van der Waals surface area contributed by atoms with Crippen molar-refractivity contribution in [3.8, 4) is 0 Å². The summed E-state index contributed by atoms with van der Waals surface area (Å²) in [6.45, 7) is 14.3. The molecule has 1 fully saturated rings. The van der Waals surface area contributed by atoms with E-state index in [-0.39, 0.29) is 16.9 Å². The zero-order valence-corrected chi connectivity index (χ0v) is 12.0. The van der Waals surface area contributed by atoms with Crippen molar-refractivity contribution in [1.82, 2.24) is 5.32 Å². The molecule has 1 rings (SSSR count). The molecule has 3 atom stereocenters. The van der Waals surface area contributed by atoms with E-state index < -0.39 is 0 Å². The number of hydrogen-bond acceptors (Lipinski definition) is 1. The van der Waals surface area contributed by atoms with Crippen molar-refractivity contribution >= 4 is 5.91 Å². The molecule has 1 saturated carbocycles. The van der Waals surface area contributed by atoms with Crippen LogP contribution in [0.25, 0.3) is 0 Å². The predicted octanol–water partition coefficient (Wildman–Crippen LogP) is 3.53. The molecule has 0 aromatic heterocycles. The van der Waals surface area contributed by atoms with Gasteiger partial charge in [-0.15, -0.1) is 6.58 Å². The second kappa shape index (κ2) is 4.83. The van der Waals surface area contributed by atoms with Crippen molar-refractivity contribution in [3.63, 3.8) is 0 Å². The van der Waals surface area contributed by atoms with Crippen LogP contribution in [0.4, 0.5) is 0 Å². The molecule has 0 radical (unpaired) electrons. The summed E-state index contributed by atoms with van der Waals surface area (Å²) < 4.78 is 0. The normalized spacial score (nSPS) is 33.5. The maximum atomic E-state index is 12.5. The Hall–Kier alpha value is -0.790. The highest BCUT2D eigenvalue weighted by atomic mass is 16.2. The molecule has 2 heteroatoms. The molecule has 0 spiro atoms. The molecule has 1 aliphatic carbocycles. The van der Waals surface area contributed by atoms with Crippen molar-refractivity contribution in [2.45, 2.75) is 59.4 Å². The molecule has 0 aliphatic heterocycles. The second-order valence-electron chi connectivity index (χ2n) is 6.89. The van der Waals surface area contributed by atoms with Gasteiger partial charge in [-0.1, -0.05) is 19.9 Å². The number of nitrogens with one attached hydrogen (secondary N) is 1. The van der Waals surface area contributed by atoms with E-state index in [9.17, 15) is 4.79 Å². The Kier molecular flexibility index (Phi) is 4.06. The minimum atomic E-state index is -0.221. The fourth-order valence-corrected chi connectivity index (χ4v) is 3.04. The van der Waals surface area contributed by atoms with E-state index in [1.807, 2.05) is 26.8 Å². The Labute approximate surface area is 106 Å². The topological polar surface area (TPSA) is 29.1 Å². The number of rotatable bonds is 3. The van der Waals surface area contributed by atoms with Crippen LogP contribution < -0.4 is 5.32 Å². The van der Waals surface area contributed by atoms with E-state index in [0.717, 1.165) is 19.3 Å². The summed E-state index contributed by atoms with van der Waals surface area (Å²) in [7, 11) is 0. The van der Waals surface area contributed by atoms with E-state index in [2.05, 4.69) is 25.7 Å². The zero-order valence-electron chi connectivity index (χ0n) is 12.0. The molecule has 0 bridgehead atoms. The third-order valence-corrected chi connectivity index (χ3v) is 3.82. The van der Waals surface area contributed by atoms with E-state index in [4.69, 9.17) is 0 Å². The maximum Gasteiger partial charge on any atom is 0.226 e. The van der Waals surface area contributed by atoms with Gasteiger partial charge < -0.3 is 5.32 Å². The van der Waals surface area contributed by atoms with Gasteiger partial charge in [0.05, 0.1) is 0 Å². The average molecular weight is 237 g/mol. The van der Waals surface area contributed by atoms with E-state index in [1.54, 1.807) is 0 Å². The molecule has 0 aromatic rings. The van der Waals surface area contributed by atoms with E-state index in [0.29, 0.717) is 11.8 Å². The molecule has 0 unspecified atom stereocenters. The lowest BCUT2D eigenvalue weighted by molar-refractivity contribution is -0.133. The Morgan fingerprint density at radius 2 is 2.12 bits per heavy atom. The van der Waals surface area contributed by atoms with Gasteiger partial charge >= 0.3 is 0 Å². The standard InChI is InChI=1S/C15H27NO/c1-7-8-12-9-11(2)10-15(12,6)13(17)16-14(3,4)5/h7,11-12H,1,8-10H2,2-6H3,(H,16,17)/t11-,12-,15+/m0/s1. The number of carbonyl (C=O) groups excluding carboxylic acids is 1. The lowest BCUT2D eigenvalue weighted by Gasteiger charge is -2.33. The summed E-state index contributed by atoms with van der Waals surface area (Å²) in [5.74, 6) is 1.29. The van der Waals surface area contributed by atoms with Gasteiger partial charge in [-0.25, -0.2) is 0 Å². The van der Waals surface area contributed by atoms with Gasteiger partial charge in [0.15, 0.2) is 0 Å². The van der Waals surface area contributed by atoms with Crippen molar-refractivity contribution in [1.29, 1.82) is 0 Å². The summed E-state index contributed by atoms with van der Waals surface area (Å²) in [4.78, 5) is 12.5. The number of amides is 1. The zero-order chi connectivity index (χ0) is 13.3. The molecule has 17 heavy (non-hydrogen) atoms. The van der Waals surface area contributed by atoms with E-state index in [1.165, 1.54) is 0 Å². The van der Waals surface area contributed by atoms with Crippen molar-refractivity contribution in [2.75, 3.05) is 0 Å². The summed E-state index contributed by atoms with van der Waals surface area (Å²) in [6.07, 6.45) is 5.03. The molecule has 1 amide bonds. The third kappa shape index (κ3) is 3.34. The molecule has 2 nitrogen and oxygen atoms in total. The van der Waals surface area contributed by atoms with Gasteiger partial charge in [0.25, 0.3) is 0 Å². The van der Waals surface area contributed by atoms with Crippen molar-refractivity contribution in [3.05, 3.63) is 12.7 Å². The van der Waals surface area contributed by atoms with Crippen LogP contribution in [0.5, 0.6) is 0 Å². The van der Waals surface area contributed by atoms with Crippen molar-refractivity contribution < 1.29 is 4.79 Å². The minimum absolute atomic E-state index is 0.148. The molecule has 1 N–H and O–H groups in total. The first-order valence-corrected chi connectivity index (χ1v) is 6.62. The molecular weight excluding hydrogens is 210 g/mol. The van der Waals surface area contributed by atoms with Crippen LogP contribution in [0.3, 0.4) is 0 Å². The maximum absolute atomic E-state index is 12.5. The van der Waals surface area contributed by atoms with Crippen LogP contribution in [0.1, 0.15) is 53.9 Å². The van der Waals surface area contributed by atoms with Gasteiger partial charge in [-0.3, -0.25) is 4.79 Å². The highest BCUT2D eigenvalue weighted by Gasteiger charge is 2.47. The lowest BCUT2D eigenvalue weighted by Crippen LogP contribution is -2.49. The molecule has 0 aromatic carbocycles. The summed E-state index contributed by atoms with van der Waals surface area (Å²) in [5.41, 5.74) is -0.370. The van der Waals surface area contributed by atoms with Crippen molar-refractivity contribution in [2.24, 2.45) is 17.3 Å². The number of hydrogen-bond donors (Lipinski definition) is 1. The Balaban J connectivity index is 2.83. The van der Waals surface area contributed by atoms with Crippen LogP contribution in [0.2, 0.25) is 0 Å². The SMILES string of the molecule is C=CC[C@H]1C[C@H](C)C[C@@]1(C)C(=O)NC(C)(C)C. The molecular formula is C15H27NO. The van der Waals surface area contributed by atoms with Gasteiger partial charge in [0, 0.05) is 11.0 Å². The molecule has 0 saturated heterocycles. The van der Waals surface area contributed by atoms with Gasteiger partial charge in [0.1, 0.15) is 0 Å². The Morgan fingerprint density at radius 1 is 1.53 bits per heavy atom. The van der Waals surface area contributed by atoms with Gasteiger partial charge in [-0.2, -0.15) is 0 Å². The minimum Gasteiger partial charge on any atom is -0.351 e. The smallest absolute Gasteiger partial charge is 0.226 e. The first-order chi connectivity index (χ1) is 7.69. The number of allylic oxidation sites excluding steroid dienone is 1. The predicted molar refractivity (Wildman–Crippen MR) is 72.7 cm³/mol. The molecule has 1 aliphatic rings. The third-order valence-electron chi connectivity index (χ3n) is 3.82. The van der Waals surface area contributed by atoms with Crippen LogP contribution >= 0.6 is 0 Å². The van der Waals surface area contributed by atoms with Crippen LogP contribution in [-0.4, -0.2) is 11.4 Å². The Morgan fingerprint density at radius 3 is 2.59 bits per heavy atom. The fourth-order valence-electron chi connectivity index (χ4n) is 3.04. The summed E-state index contributed by atoms with van der Waals surface area (Å²) in [6, 6.07) is 0. The first kappa shape index (κ1) is 14.3. The van der Waals surface area contributed by atoms with Crippen LogP contribution in [-0.2, 0) is 4.79 Å². The first-order valence-electron chi connectivity index (χ1n) is 6.62. The number of carbonyl (C=O) groups is 1.